The zero-order valence-electron chi connectivity index (χ0n) is 24.7. The Hall–Kier alpha value is -3.54. The maximum Gasteiger partial charge on any atom is 0.261 e. The molecule has 0 radical (unpaired) electrons. The predicted octanol–water partition coefficient (Wildman–Crippen LogP) is 3.21. The maximum atomic E-state index is 14.0. The average molecular weight is 590 g/mol. The number of aromatic nitrogens is 3. The Morgan fingerprint density at radius 1 is 1.19 bits per heavy atom. The second-order valence-electron chi connectivity index (χ2n) is 12.2. The minimum Gasteiger partial charge on any atom is -0.497 e. The van der Waals surface area contributed by atoms with Gasteiger partial charge in [-0.05, 0) is 48.7 Å². The van der Waals surface area contributed by atoms with Crippen molar-refractivity contribution in [3.05, 3.63) is 59.9 Å². The van der Waals surface area contributed by atoms with Gasteiger partial charge in [-0.2, -0.15) is 0 Å². The van der Waals surface area contributed by atoms with Crippen LogP contribution in [0.1, 0.15) is 37.4 Å². The molecule has 4 heterocycles. The van der Waals surface area contributed by atoms with E-state index in [0.29, 0.717) is 32.4 Å². The van der Waals surface area contributed by atoms with Crippen LogP contribution in [0.2, 0.25) is 18.6 Å². The second kappa shape index (κ2) is 10.9. The van der Waals surface area contributed by atoms with E-state index in [1.54, 1.807) is 11.8 Å². The van der Waals surface area contributed by atoms with Crippen LogP contribution in [-0.2, 0) is 32.9 Å². The van der Waals surface area contributed by atoms with Gasteiger partial charge < -0.3 is 24.8 Å². The molecule has 10 nitrogen and oxygen atoms in total. The zero-order chi connectivity index (χ0) is 29.6. The lowest BCUT2D eigenvalue weighted by Crippen LogP contribution is -2.51. The van der Waals surface area contributed by atoms with E-state index < -0.39 is 13.7 Å². The number of anilines is 2. The van der Waals surface area contributed by atoms with E-state index in [-0.39, 0.29) is 36.0 Å². The zero-order valence-corrected chi connectivity index (χ0v) is 25.7. The number of rotatable bonds is 9. The van der Waals surface area contributed by atoms with E-state index >= 15 is 0 Å². The van der Waals surface area contributed by atoms with Gasteiger partial charge >= 0.3 is 0 Å². The van der Waals surface area contributed by atoms with Gasteiger partial charge in [0, 0.05) is 61.6 Å². The van der Waals surface area contributed by atoms with Crippen molar-refractivity contribution in [2.75, 3.05) is 30.5 Å². The lowest BCUT2D eigenvalue weighted by atomic mass is 9.82. The number of hydrogen-bond donors (Lipinski definition) is 2. The van der Waals surface area contributed by atoms with Crippen molar-refractivity contribution in [2.24, 2.45) is 5.92 Å². The van der Waals surface area contributed by atoms with Crippen molar-refractivity contribution in [3.8, 4) is 5.75 Å². The molecular formula is C31H39N5O5Si. The number of amides is 2. The largest absolute Gasteiger partial charge is 0.497 e. The van der Waals surface area contributed by atoms with E-state index in [4.69, 9.17) is 9.47 Å². The van der Waals surface area contributed by atoms with Gasteiger partial charge in [0.05, 0.1) is 27.0 Å². The molecule has 1 aromatic heterocycles. The Balaban J connectivity index is 1.39. The summed E-state index contributed by atoms with van der Waals surface area (Å²) in [6.45, 7) is 8.14. The smallest absolute Gasteiger partial charge is 0.261 e. The molecule has 2 N–H and O–H groups in total. The first kappa shape index (κ1) is 28.6. The van der Waals surface area contributed by atoms with Crippen molar-refractivity contribution in [1.82, 2.24) is 15.0 Å². The highest BCUT2D eigenvalue weighted by Gasteiger charge is 2.64. The number of fused-ring (bicyclic) bond motifs is 2. The number of carbonyl (C=O) groups excluding carboxylic acids is 2. The first-order valence-corrected chi connectivity index (χ1v) is 17.9. The number of aliphatic hydroxyl groups is 1. The molecule has 4 atom stereocenters. The first-order valence-electron chi connectivity index (χ1n) is 14.8. The first-order chi connectivity index (χ1) is 20.2. The predicted molar refractivity (Wildman–Crippen MR) is 162 cm³/mol. The molecule has 0 unspecified atom stereocenters. The van der Waals surface area contributed by atoms with Crippen LogP contribution in [0.3, 0.4) is 0 Å². The molecule has 2 saturated heterocycles. The SMILES string of the molecule is COc1ccc([Si](C)(C)[C@H]2[C@H](CCn3cc(CCO)nn3)O[C@@]3(C(=O)Nc4ccc(N5CCCC5=O)cc43)[C@@H]2C)cc1. The summed E-state index contributed by atoms with van der Waals surface area (Å²) in [6.07, 6.45) is 4.13. The molecule has 11 heteroatoms. The van der Waals surface area contributed by atoms with Crippen LogP contribution in [0.15, 0.2) is 48.7 Å². The molecule has 3 aromatic rings. The second-order valence-corrected chi connectivity index (χ2v) is 16.9. The molecule has 42 heavy (non-hydrogen) atoms. The molecule has 0 saturated carbocycles. The highest BCUT2D eigenvalue weighted by molar-refractivity contribution is 6.91. The standard InChI is InChI=1S/C31H39N5O5Si/c1-20-29(42(3,4)24-10-8-23(40-2)9-11-24)27(13-16-35-19-21(14-17-37)33-34-35)41-31(20)25-18-22(36-15-5-6-28(36)38)7-12-26(25)32-30(31)39/h7-12,18-20,27,29,37H,5-6,13-17H2,1-4H3,(H,32,39)/t20-,27+,29-,31+/m1/s1. The quantitative estimate of drug-likeness (QED) is 0.368. The molecule has 6 rings (SSSR count). The number of aryl methyl sites for hydroxylation is 1. The fourth-order valence-corrected chi connectivity index (χ4v) is 11.5. The minimum absolute atomic E-state index is 0.0216. The van der Waals surface area contributed by atoms with Gasteiger partial charge in [0.25, 0.3) is 5.91 Å². The Kier molecular flexibility index (Phi) is 7.44. The number of carbonyl (C=O) groups is 2. The fourth-order valence-electron chi connectivity index (χ4n) is 7.42. The van der Waals surface area contributed by atoms with Gasteiger partial charge in [-0.15, -0.1) is 5.10 Å². The van der Waals surface area contributed by atoms with Gasteiger partial charge in [-0.25, -0.2) is 0 Å². The van der Waals surface area contributed by atoms with E-state index in [2.05, 4.69) is 47.8 Å². The van der Waals surface area contributed by atoms with Crippen molar-refractivity contribution < 1.29 is 24.2 Å². The number of hydrogen-bond acceptors (Lipinski definition) is 7. The Morgan fingerprint density at radius 3 is 2.67 bits per heavy atom. The number of benzene rings is 2. The topological polar surface area (TPSA) is 119 Å². The van der Waals surface area contributed by atoms with Crippen molar-refractivity contribution in [3.63, 3.8) is 0 Å². The normalized spacial score (nSPS) is 25.4. The van der Waals surface area contributed by atoms with Gasteiger partial charge in [-0.1, -0.05) is 42.6 Å². The third kappa shape index (κ3) is 4.63. The van der Waals surface area contributed by atoms with E-state index in [0.717, 1.165) is 34.8 Å². The van der Waals surface area contributed by atoms with Gasteiger partial charge in [-0.3, -0.25) is 14.3 Å². The van der Waals surface area contributed by atoms with E-state index in [1.807, 2.05) is 41.4 Å². The fraction of sp³-hybridized carbons (Fsp3) is 0.484. The van der Waals surface area contributed by atoms with Gasteiger partial charge in [0.15, 0.2) is 5.60 Å². The van der Waals surface area contributed by atoms with Gasteiger partial charge in [0.2, 0.25) is 5.91 Å². The van der Waals surface area contributed by atoms with Crippen LogP contribution in [0.5, 0.6) is 5.75 Å². The lowest BCUT2D eigenvalue weighted by molar-refractivity contribution is -0.143. The van der Waals surface area contributed by atoms with Crippen molar-refractivity contribution in [2.45, 2.75) is 69.5 Å². The van der Waals surface area contributed by atoms with Crippen LogP contribution in [-0.4, -0.2) is 66.4 Å². The van der Waals surface area contributed by atoms with Gasteiger partial charge in [0.1, 0.15) is 5.75 Å². The molecule has 0 bridgehead atoms. The van der Waals surface area contributed by atoms with Crippen LogP contribution in [0.4, 0.5) is 11.4 Å². The summed E-state index contributed by atoms with van der Waals surface area (Å²) in [4.78, 5) is 28.4. The van der Waals surface area contributed by atoms with E-state index in [1.165, 1.54) is 5.19 Å². The molecule has 2 amide bonds. The summed E-state index contributed by atoms with van der Waals surface area (Å²) in [5, 5.41) is 22.1. The average Bonchev–Trinajstić information content (AvgIpc) is 3.74. The summed E-state index contributed by atoms with van der Waals surface area (Å²) in [6, 6.07) is 14.1. The molecule has 3 aliphatic rings. The number of nitrogens with one attached hydrogen (secondary N) is 1. The summed E-state index contributed by atoms with van der Waals surface area (Å²) < 4.78 is 14.3. The molecule has 2 aromatic carbocycles. The van der Waals surface area contributed by atoms with Crippen LogP contribution in [0, 0.1) is 5.92 Å². The van der Waals surface area contributed by atoms with Crippen molar-refractivity contribution >= 4 is 36.4 Å². The molecule has 3 aliphatic heterocycles. The van der Waals surface area contributed by atoms with Crippen LogP contribution >= 0.6 is 0 Å². The monoisotopic (exact) mass is 589 g/mol. The van der Waals surface area contributed by atoms with Crippen LogP contribution in [0.25, 0.3) is 0 Å². The summed E-state index contributed by atoms with van der Waals surface area (Å²) in [5.41, 5.74) is 2.05. The number of aliphatic hydroxyl groups excluding tert-OH is 1. The maximum absolute atomic E-state index is 14.0. The third-order valence-electron chi connectivity index (χ3n) is 9.56. The molecule has 222 valence electrons. The molecular weight excluding hydrogens is 550 g/mol. The Morgan fingerprint density at radius 2 is 1.98 bits per heavy atom. The summed E-state index contributed by atoms with van der Waals surface area (Å²) in [5.74, 6) is 0.648. The Labute approximate surface area is 247 Å². The lowest BCUT2D eigenvalue weighted by Gasteiger charge is -2.37. The molecule has 0 aliphatic carbocycles. The molecule has 1 spiro atoms. The summed E-state index contributed by atoms with van der Waals surface area (Å²) in [7, 11) is -0.585. The summed E-state index contributed by atoms with van der Waals surface area (Å²) >= 11 is 0. The van der Waals surface area contributed by atoms with Crippen molar-refractivity contribution in [1.29, 1.82) is 0 Å². The molecule has 2 fully saturated rings. The third-order valence-corrected chi connectivity index (χ3v) is 13.9. The number of ether oxygens (including phenoxy) is 2. The van der Waals surface area contributed by atoms with Crippen LogP contribution < -0.4 is 20.1 Å². The number of nitrogens with zero attached hydrogens (tertiary/aromatic N) is 4. The Bertz CT molecular complexity index is 1490. The number of methoxy groups -OCH3 is 1. The highest BCUT2D eigenvalue weighted by Crippen LogP contribution is 2.59. The highest BCUT2D eigenvalue weighted by atomic mass is 28.3. The van der Waals surface area contributed by atoms with E-state index in [9.17, 15) is 14.7 Å². The minimum atomic E-state index is -2.25.